The molecular weight excluding hydrogens is 182 g/mol. The van der Waals surface area contributed by atoms with Crippen molar-refractivity contribution in [1.29, 1.82) is 5.41 Å². The van der Waals surface area contributed by atoms with Crippen LogP contribution in [0.3, 0.4) is 0 Å². The maximum atomic E-state index is 11.5. The Bertz CT molecular complexity index is 273. The molecule has 2 N–H and O–H groups in total. The Morgan fingerprint density at radius 1 is 1.64 bits per heavy atom. The first-order chi connectivity index (χ1) is 6.70. The fraction of sp³-hybridized carbons (Fsp3) is 0.778. The fourth-order valence-corrected chi connectivity index (χ4v) is 2.15. The van der Waals surface area contributed by atoms with Gasteiger partial charge >= 0.3 is 6.03 Å². The van der Waals surface area contributed by atoms with E-state index in [1.54, 1.807) is 12.0 Å². The summed E-state index contributed by atoms with van der Waals surface area (Å²) in [5.74, 6) is 0.366. The molecule has 2 rings (SSSR count). The minimum atomic E-state index is -0.310. The SMILES string of the molecule is COCCN1C(=O)NC(=N)C12CCC2. The van der Waals surface area contributed by atoms with E-state index in [-0.39, 0.29) is 11.6 Å². The second kappa shape index (κ2) is 3.24. The molecule has 1 saturated heterocycles. The van der Waals surface area contributed by atoms with Gasteiger partial charge in [-0.3, -0.25) is 10.7 Å². The average molecular weight is 197 g/mol. The number of rotatable bonds is 3. The van der Waals surface area contributed by atoms with Crippen LogP contribution in [0.15, 0.2) is 0 Å². The van der Waals surface area contributed by atoms with Gasteiger partial charge in [0.25, 0.3) is 0 Å². The summed E-state index contributed by atoms with van der Waals surface area (Å²) in [6.07, 6.45) is 2.92. The highest BCUT2D eigenvalue weighted by Crippen LogP contribution is 2.40. The predicted molar refractivity (Wildman–Crippen MR) is 51.4 cm³/mol. The summed E-state index contributed by atoms with van der Waals surface area (Å²) in [6.45, 7) is 1.10. The summed E-state index contributed by atoms with van der Waals surface area (Å²) in [7, 11) is 1.62. The molecule has 5 nitrogen and oxygen atoms in total. The zero-order chi connectivity index (χ0) is 10.2. The quantitative estimate of drug-likeness (QED) is 0.694. The van der Waals surface area contributed by atoms with Crippen molar-refractivity contribution >= 4 is 11.9 Å². The van der Waals surface area contributed by atoms with Crippen molar-refractivity contribution in [2.75, 3.05) is 20.3 Å². The molecule has 1 aliphatic carbocycles. The molecule has 1 spiro atoms. The molecule has 14 heavy (non-hydrogen) atoms. The van der Waals surface area contributed by atoms with E-state index in [9.17, 15) is 4.79 Å². The summed E-state index contributed by atoms with van der Waals surface area (Å²) in [5, 5.41) is 10.3. The lowest BCUT2D eigenvalue weighted by Gasteiger charge is -2.43. The maximum absolute atomic E-state index is 11.5. The molecule has 0 bridgehead atoms. The van der Waals surface area contributed by atoms with Crippen LogP contribution in [0, 0.1) is 5.41 Å². The number of carbonyl (C=O) groups excluding carboxylic acids is 1. The number of nitrogens with zero attached hydrogens (tertiary/aromatic N) is 1. The highest BCUT2D eigenvalue weighted by atomic mass is 16.5. The third kappa shape index (κ3) is 1.12. The van der Waals surface area contributed by atoms with Crippen LogP contribution in [-0.4, -0.2) is 42.6 Å². The van der Waals surface area contributed by atoms with Crippen molar-refractivity contribution < 1.29 is 9.53 Å². The lowest BCUT2D eigenvalue weighted by atomic mass is 9.75. The maximum Gasteiger partial charge on any atom is 0.323 e. The van der Waals surface area contributed by atoms with Gasteiger partial charge in [-0.25, -0.2) is 4.79 Å². The topological polar surface area (TPSA) is 65.4 Å². The molecule has 0 unspecified atom stereocenters. The van der Waals surface area contributed by atoms with Gasteiger partial charge in [0.15, 0.2) is 0 Å². The number of hydrogen-bond acceptors (Lipinski definition) is 3. The molecule has 0 aromatic heterocycles. The first-order valence-corrected chi connectivity index (χ1v) is 4.87. The van der Waals surface area contributed by atoms with Gasteiger partial charge in [-0.1, -0.05) is 0 Å². The van der Waals surface area contributed by atoms with Crippen molar-refractivity contribution in [3.05, 3.63) is 0 Å². The Balaban J connectivity index is 2.11. The van der Waals surface area contributed by atoms with Crippen molar-refractivity contribution in [2.24, 2.45) is 0 Å². The molecule has 2 amide bonds. The summed E-state index contributed by atoms with van der Waals surface area (Å²) < 4.78 is 4.96. The minimum absolute atomic E-state index is 0.147. The van der Waals surface area contributed by atoms with Crippen LogP contribution in [0.1, 0.15) is 19.3 Å². The summed E-state index contributed by atoms with van der Waals surface area (Å²) in [4.78, 5) is 13.3. The van der Waals surface area contributed by atoms with Crippen LogP contribution in [0.4, 0.5) is 4.79 Å². The number of hydrogen-bond donors (Lipinski definition) is 2. The van der Waals surface area contributed by atoms with Gasteiger partial charge in [-0.05, 0) is 19.3 Å². The van der Waals surface area contributed by atoms with Gasteiger partial charge in [0.2, 0.25) is 0 Å². The van der Waals surface area contributed by atoms with E-state index < -0.39 is 0 Å². The van der Waals surface area contributed by atoms with Crippen molar-refractivity contribution in [3.8, 4) is 0 Å². The van der Waals surface area contributed by atoms with Crippen molar-refractivity contribution in [1.82, 2.24) is 10.2 Å². The second-order valence-corrected chi connectivity index (χ2v) is 3.83. The number of urea groups is 1. The van der Waals surface area contributed by atoms with Gasteiger partial charge in [-0.2, -0.15) is 0 Å². The van der Waals surface area contributed by atoms with Crippen LogP contribution in [0.5, 0.6) is 0 Å². The molecule has 2 aliphatic rings. The van der Waals surface area contributed by atoms with Crippen LogP contribution in [0.25, 0.3) is 0 Å². The number of amidine groups is 1. The molecule has 0 radical (unpaired) electrons. The number of methoxy groups -OCH3 is 1. The monoisotopic (exact) mass is 197 g/mol. The summed E-state index contributed by atoms with van der Waals surface area (Å²) in [5.41, 5.74) is -0.310. The molecule has 1 aliphatic heterocycles. The molecule has 1 heterocycles. The average Bonchev–Trinajstić information content (AvgIpc) is 2.32. The minimum Gasteiger partial charge on any atom is -0.383 e. The Hall–Kier alpha value is -1.10. The lowest BCUT2D eigenvalue weighted by molar-refractivity contribution is 0.0880. The van der Waals surface area contributed by atoms with Gasteiger partial charge in [0.05, 0.1) is 6.61 Å². The number of amides is 2. The standard InChI is InChI=1S/C9H15N3O2/c1-14-6-5-12-8(13)11-7(10)9(12)3-2-4-9/h2-6H2,1H3,(H2,10,11,13). The molecule has 0 atom stereocenters. The number of nitrogens with one attached hydrogen (secondary N) is 2. The largest absolute Gasteiger partial charge is 0.383 e. The number of carbonyl (C=O) groups is 1. The van der Waals surface area contributed by atoms with E-state index in [1.165, 1.54) is 0 Å². The molecule has 0 aromatic rings. The lowest BCUT2D eigenvalue weighted by Crippen LogP contribution is -2.55. The van der Waals surface area contributed by atoms with Gasteiger partial charge < -0.3 is 9.64 Å². The van der Waals surface area contributed by atoms with Crippen LogP contribution in [0.2, 0.25) is 0 Å². The normalized spacial score (nSPS) is 23.9. The summed E-state index contributed by atoms with van der Waals surface area (Å²) in [6, 6.07) is -0.147. The van der Waals surface area contributed by atoms with Crippen LogP contribution in [-0.2, 0) is 4.74 Å². The first-order valence-electron chi connectivity index (χ1n) is 4.87. The summed E-state index contributed by atoms with van der Waals surface area (Å²) >= 11 is 0. The van der Waals surface area contributed by atoms with Crippen molar-refractivity contribution in [3.63, 3.8) is 0 Å². The molecular formula is C9H15N3O2. The Kier molecular flexibility index (Phi) is 2.19. The zero-order valence-electron chi connectivity index (χ0n) is 8.30. The van der Waals surface area contributed by atoms with E-state index >= 15 is 0 Å². The molecule has 2 fully saturated rings. The smallest absolute Gasteiger partial charge is 0.323 e. The third-order valence-electron chi connectivity index (χ3n) is 3.16. The Morgan fingerprint density at radius 2 is 2.36 bits per heavy atom. The molecule has 0 aromatic carbocycles. The third-order valence-corrected chi connectivity index (χ3v) is 3.16. The van der Waals surface area contributed by atoms with E-state index in [2.05, 4.69) is 5.32 Å². The first kappa shape index (κ1) is 9.45. The highest BCUT2D eigenvalue weighted by Gasteiger charge is 2.53. The zero-order valence-corrected chi connectivity index (χ0v) is 8.30. The van der Waals surface area contributed by atoms with E-state index in [4.69, 9.17) is 10.1 Å². The van der Waals surface area contributed by atoms with E-state index in [1.807, 2.05) is 0 Å². The van der Waals surface area contributed by atoms with Gasteiger partial charge in [0, 0.05) is 13.7 Å². The predicted octanol–water partition coefficient (Wildman–Crippen LogP) is 0.558. The van der Waals surface area contributed by atoms with E-state index in [0.717, 1.165) is 19.3 Å². The Labute approximate surface area is 82.9 Å². The van der Waals surface area contributed by atoms with Gasteiger partial charge in [-0.15, -0.1) is 0 Å². The molecule has 78 valence electrons. The number of ether oxygens (including phenoxy) is 1. The van der Waals surface area contributed by atoms with Crippen LogP contribution < -0.4 is 5.32 Å². The fourth-order valence-electron chi connectivity index (χ4n) is 2.15. The molecule has 5 heteroatoms. The second-order valence-electron chi connectivity index (χ2n) is 3.83. The molecule has 1 saturated carbocycles. The Morgan fingerprint density at radius 3 is 2.86 bits per heavy atom. The van der Waals surface area contributed by atoms with Crippen molar-refractivity contribution in [2.45, 2.75) is 24.8 Å². The van der Waals surface area contributed by atoms with Gasteiger partial charge in [0.1, 0.15) is 11.4 Å². The highest BCUT2D eigenvalue weighted by molar-refractivity contribution is 6.08. The van der Waals surface area contributed by atoms with Crippen LogP contribution >= 0.6 is 0 Å². The van der Waals surface area contributed by atoms with E-state index in [0.29, 0.717) is 19.0 Å².